The molecule has 0 bridgehead atoms. The van der Waals surface area contributed by atoms with Crippen LogP contribution in [-0.2, 0) is 4.79 Å². The van der Waals surface area contributed by atoms with Crippen LogP contribution >= 0.6 is 15.9 Å². The summed E-state index contributed by atoms with van der Waals surface area (Å²) in [4.78, 5) is 12.2. The van der Waals surface area contributed by atoms with Gasteiger partial charge >= 0.3 is 0 Å². The molecule has 2 nitrogen and oxygen atoms in total. The van der Waals surface area contributed by atoms with Crippen LogP contribution in [0.1, 0.15) is 78.6 Å². The van der Waals surface area contributed by atoms with Crippen LogP contribution in [0.5, 0.6) is 0 Å². The first kappa shape index (κ1) is 18.5. The lowest BCUT2D eigenvalue weighted by Crippen LogP contribution is -2.56. The lowest BCUT2D eigenvalue weighted by atomic mass is 9.44. The monoisotopic (exact) mass is 410 g/mol. The summed E-state index contributed by atoms with van der Waals surface area (Å²) in [6, 6.07) is 0. The molecule has 3 heteroatoms. The van der Waals surface area contributed by atoms with Crippen molar-refractivity contribution in [2.24, 2.45) is 40.4 Å². The van der Waals surface area contributed by atoms with Gasteiger partial charge in [0.2, 0.25) is 0 Å². The van der Waals surface area contributed by atoms with E-state index in [9.17, 15) is 9.90 Å². The van der Waals surface area contributed by atoms with Gasteiger partial charge in [0.15, 0.2) is 0 Å². The van der Waals surface area contributed by atoms with Gasteiger partial charge in [-0.05, 0) is 99.2 Å². The van der Waals surface area contributed by atoms with Crippen LogP contribution in [0.3, 0.4) is 0 Å². The van der Waals surface area contributed by atoms with E-state index in [0.29, 0.717) is 23.0 Å². The second-order valence-corrected chi connectivity index (χ2v) is 11.1. The fraction of sp³-hybridized carbons (Fsp3) is 0.955. The molecule has 4 saturated carbocycles. The van der Waals surface area contributed by atoms with Gasteiger partial charge in [-0.3, -0.25) is 4.79 Å². The molecule has 4 rings (SSSR count). The molecule has 142 valence electrons. The van der Waals surface area contributed by atoms with Gasteiger partial charge in [-0.15, -0.1) is 0 Å². The molecule has 25 heavy (non-hydrogen) atoms. The Morgan fingerprint density at radius 2 is 1.72 bits per heavy atom. The molecular formula is C22H35BrO2. The third-order valence-corrected chi connectivity index (χ3v) is 10.6. The number of halogens is 1. The van der Waals surface area contributed by atoms with E-state index >= 15 is 0 Å². The molecule has 0 aromatic rings. The van der Waals surface area contributed by atoms with Gasteiger partial charge in [0.25, 0.3) is 0 Å². The van der Waals surface area contributed by atoms with E-state index in [1.165, 1.54) is 38.5 Å². The van der Waals surface area contributed by atoms with Gasteiger partial charge in [-0.1, -0.05) is 29.8 Å². The van der Waals surface area contributed by atoms with Crippen molar-refractivity contribution in [3.05, 3.63) is 0 Å². The van der Waals surface area contributed by atoms with Gasteiger partial charge in [0.05, 0.1) is 5.60 Å². The predicted molar refractivity (Wildman–Crippen MR) is 105 cm³/mol. The highest BCUT2D eigenvalue weighted by atomic mass is 79.9. The SMILES string of the molecule is CC(=O)[C@H]1CC[C@H]2[C@@H]3CC[C@@H]4C[C@@](O)(CBr)CC[C@]4(C)[C@H]3CC[C@]12C. The summed E-state index contributed by atoms with van der Waals surface area (Å²) < 4.78 is 0. The van der Waals surface area contributed by atoms with Gasteiger partial charge < -0.3 is 5.11 Å². The number of aliphatic hydroxyl groups is 1. The molecule has 0 heterocycles. The Hall–Kier alpha value is 0.110. The third kappa shape index (κ3) is 2.62. The average molecular weight is 411 g/mol. The first-order chi connectivity index (χ1) is 11.7. The van der Waals surface area contributed by atoms with Crippen molar-refractivity contribution in [3.63, 3.8) is 0 Å². The molecule has 4 aliphatic carbocycles. The van der Waals surface area contributed by atoms with Gasteiger partial charge in [0, 0.05) is 11.2 Å². The van der Waals surface area contributed by atoms with Crippen molar-refractivity contribution in [1.29, 1.82) is 0 Å². The smallest absolute Gasteiger partial charge is 0.133 e. The number of ketones is 1. The van der Waals surface area contributed by atoms with Crippen molar-refractivity contribution >= 4 is 21.7 Å². The van der Waals surface area contributed by atoms with Crippen LogP contribution < -0.4 is 0 Å². The summed E-state index contributed by atoms with van der Waals surface area (Å²) in [5.74, 6) is 3.82. The third-order valence-electron chi connectivity index (χ3n) is 9.56. The molecule has 4 fully saturated rings. The van der Waals surface area contributed by atoms with Crippen LogP contribution in [0.25, 0.3) is 0 Å². The highest BCUT2D eigenvalue weighted by Crippen LogP contribution is 2.68. The molecule has 0 saturated heterocycles. The summed E-state index contributed by atoms with van der Waals surface area (Å²) in [6.07, 6.45) is 10.7. The fourth-order valence-electron chi connectivity index (χ4n) is 8.11. The Bertz CT molecular complexity index is 562. The van der Waals surface area contributed by atoms with Crippen LogP contribution in [0.2, 0.25) is 0 Å². The maximum atomic E-state index is 12.2. The second kappa shape index (κ2) is 6.06. The normalized spacial score (nSPS) is 55.2. The summed E-state index contributed by atoms with van der Waals surface area (Å²) in [7, 11) is 0. The molecule has 8 atom stereocenters. The van der Waals surface area contributed by atoms with Gasteiger partial charge in [-0.2, -0.15) is 0 Å². The van der Waals surface area contributed by atoms with Crippen LogP contribution in [-0.4, -0.2) is 21.8 Å². The minimum atomic E-state index is -0.479. The zero-order valence-corrected chi connectivity index (χ0v) is 17.8. The number of fused-ring (bicyclic) bond motifs is 5. The Morgan fingerprint density at radius 3 is 2.40 bits per heavy atom. The van der Waals surface area contributed by atoms with E-state index < -0.39 is 5.60 Å². The molecule has 0 amide bonds. The number of hydrogen-bond acceptors (Lipinski definition) is 2. The average Bonchev–Trinajstić information content (AvgIpc) is 2.93. The first-order valence-electron chi connectivity index (χ1n) is 10.5. The van der Waals surface area contributed by atoms with E-state index in [1.54, 1.807) is 0 Å². The number of rotatable bonds is 2. The van der Waals surface area contributed by atoms with E-state index in [2.05, 4.69) is 29.8 Å². The topological polar surface area (TPSA) is 37.3 Å². The summed E-state index contributed by atoms with van der Waals surface area (Å²) in [6.45, 7) is 6.80. The Balaban J connectivity index is 1.59. The highest BCUT2D eigenvalue weighted by Gasteiger charge is 2.61. The molecule has 4 aliphatic rings. The van der Waals surface area contributed by atoms with Crippen LogP contribution in [0.15, 0.2) is 0 Å². The minimum Gasteiger partial charge on any atom is -0.389 e. The molecule has 0 unspecified atom stereocenters. The van der Waals surface area contributed by atoms with E-state index in [0.717, 1.165) is 42.3 Å². The lowest BCUT2D eigenvalue weighted by molar-refractivity contribution is -0.149. The Labute approximate surface area is 161 Å². The van der Waals surface area contributed by atoms with Crippen molar-refractivity contribution < 1.29 is 9.90 Å². The Kier molecular flexibility index (Phi) is 4.47. The number of alkyl halides is 1. The zero-order valence-electron chi connectivity index (χ0n) is 16.2. The zero-order chi connectivity index (χ0) is 18.0. The van der Waals surface area contributed by atoms with Gasteiger partial charge in [0.1, 0.15) is 5.78 Å². The minimum absolute atomic E-state index is 0.265. The van der Waals surface area contributed by atoms with Crippen LogP contribution in [0, 0.1) is 40.4 Å². The van der Waals surface area contributed by atoms with E-state index in [4.69, 9.17) is 0 Å². The number of carbonyl (C=O) groups excluding carboxylic acids is 1. The molecule has 0 aliphatic heterocycles. The van der Waals surface area contributed by atoms with Crippen LogP contribution in [0.4, 0.5) is 0 Å². The largest absolute Gasteiger partial charge is 0.389 e. The molecule has 0 spiro atoms. The maximum absolute atomic E-state index is 12.2. The van der Waals surface area contributed by atoms with Crippen molar-refractivity contribution in [1.82, 2.24) is 0 Å². The summed E-state index contributed by atoms with van der Waals surface area (Å²) in [5, 5.41) is 11.6. The number of carbonyl (C=O) groups is 1. The maximum Gasteiger partial charge on any atom is 0.133 e. The molecular weight excluding hydrogens is 376 g/mol. The molecule has 0 aromatic heterocycles. The van der Waals surface area contributed by atoms with Gasteiger partial charge in [-0.25, -0.2) is 0 Å². The fourth-order valence-corrected chi connectivity index (χ4v) is 8.62. The number of Topliss-reactive ketones (excluding diaryl/α,β-unsaturated/α-hetero) is 1. The van der Waals surface area contributed by atoms with E-state index in [1.807, 2.05) is 6.92 Å². The molecule has 1 N–H and O–H groups in total. The first-order valence-corrected chi connectivity index (χ1v) is 11.6. The molecule has 0 radical (unpaired) electrons. The summed E-state index contributed by atoms with van der Waals surface area (Å²) in [5.41, 5.74) is 0.196. The quantitative estimate of drug-likeness (QED) is 0.621. The van der Waals surface area contributed by atoms with E-state index in [-0.39, 0.29) is 5.41 Å². The standard InChI is InChI=1S/C22H35BrO2/c1-14(24)17-6-7-18-16-5-4-15-12-22(25,13-23)11-10-20(15,2)19(16)8-9-21(17,18)3/h15-19,25H,4-13H2,1-3H3/t15-,16+,17-,18+,19+,20+,21-,22-/m1/s1. The predicted octanol–water partition coefficient (Wildman–Crippen LogP) is 5.36. The molecule has 0 aromatic carbocycles. The lowest BCUT2D eigenvalue weighted by Gasteiger charge is -2.62. The highest BCUT2D eigenvalue weighted by molar-refractivity contribution is 9.09. The summed E-state index contributed by atoms with van der Waals surface area (Å²) >= 11 is 3.55. The van der Waals surface area contributed by atoms with Crippen molar-refractivity contribution in [2.75, 3.05) is 5.33 Å². The number of hydrogen-bond donors (Lipinski definition) is 1. The van der Waals surface area contributed by atoms with Crippen molar-refractivity contribution in [3.8, 4) is 0 Å². The second-order valence-electron chi connectivity index (χ2n) is 10.5. The van der Waals surface area contributed by atoms with Crippen molar-refractivity contribution in [2.45, 2.75) is 84.2 Å². The Morgan fingerprint density at radius 1 is 1.00 bits per heavy atom.